The maximum atomic E-state index is 11.0. The Balaban J connectivity index is 2.06. The molecule has 3 rings (SSSR count). The van der Waals surface area contributed by atoms with E-state index < -0.39 is 11.6 Å². The molecule has 2 aromatic rings. The molecule has 1 aliphatic heterocycles. The van der Waals surface area contributed by atoms with Crippen LogP contribution in [0.3, 0.4) is 0 Å². The summed E-state index contributed by atoms with van der Waals surface area (Å²) in [5.41, 5.74) is 7.98. The van der Waals surface area contributed by atoms with Crippen LogP contribution in [0.15, 0.2) is 48.5 Å². The minimum absolute atomic E-state index is 0.260. The van der Waals surface area contributed by atoms with Crippen molar-refractivity contribution in [3.05, 3.63) is 65.2 Å². The first kappa shape index (κ1) is 11.7. The third-order valence-corrected chi connectivity index (χ3v) is 3.36. The van der Waals surface area contributed by atoms with E-state index in [2.05, 4.69) is 0 Å². The van der Waals surface area contributed by atoms with Crippen LogP contribution in [0.2, 0.25) is 0 Å². The highest BCUT2D eigenvalue weighted by molar-refractivity contribution is 5.87. The van der Waals surface area contributed by atoms with Crippen LogP contribution >= 0.6 is 0 Å². The fourth-order valence-corrected chi connectivity index (χ4v) is 2.27. The topological polar surface area (TPSA) is 75.9 Å². The SMILES string of the molecule is Nc1cccc(C2(c3cccc(C(=O)O)c3)CO2)c1. The third kappa shape index (κ3) is 1.96. The Hall–Kier alpha value is -2.33. The van der Waals surface area contributed by atoms with Crippen LogP contribution in [-0.4, -0.2) is 17.7 Å². The second-order valence-electron chi connectivity index (χ2n) is 4.63. The molecule has 2 aromatic carbocycles. The Bertz CT molecular complexity index is 647. The standard InChI is InChI=1S/C15H13NO3/c16-13-6-2-5-12(8-13)15(9-19-15)11-4-1-3-10(7-11)14(17)18/h1-8H,9,16H2,(H,17,18). The number of epoxide rings is 1. The summed E-state index contributed by atoms with van der Waals surface area (Å²) >= 11 is 0. The van der Waals surface area contributed by atoms with E-state index >= 15 is 0 Å². The van der Waals surface area contributed by atoms with Gasteiger partial charge in [0, 0.05) is 5.69 Å². The quantitative estimate of drug-likeness (QED) is 0.651. The zero-order valence-corrected chi connectivity index (χ0v) is 10.2. The monoisotopic (exact) mass is 255 g/mol. The minimum atomic E-state index is -0.940. The Labute approximate surface area is 110 Å². The average molecular weight is 255 g/mol. The van der Waals surface area contributed by atoms with Gasteiger partial charge in [0.2, 0.25) is 0 Å². The molecule has 1 atom stereocenters. The number of nitrogens with two attached hydrogens (primary N) is 1. The van der Waals surface area contributed by atoms with Gasteiger partial charge < -0.3 is 15.6 Å². The highest BCUT2D eigenvalue weighted by atomic mass is 16.6. The van der Waals surface area contributed by atoms with E-state index in [1.807, 2.05) is 30.3 Å². The number of rotatable bonds is 3. The van der Waals surface area contributed by atoms with E-state index in [1.54, 1.807) is 18.2 Å². The normalized spacial score (nSPS) is 21.1. The van der Waals surface area contributed by atoms with Crippen LogP contribution in [-0.2, 0) is 10.3 Å². The molecule has 0 amide bonds. The number of hydrogen-bond donors (Lipinski definition) is 2. The Kier molecular flexibility index (Phi) is 2.54. The molecule has 0 aromatic heterocycles. The summed E-state index contributed by atoms with van der Waals surface area (Å²) in [4.78, 5) is 11.0. The maximum absolute atomic E-state index is 11.0. The molecule has 1 heterocycles. The first-order valence-corrected chi connectivity index (χ1v) is 5.96. The largest absolute Gasteiger partial charge is 0.478 e. The van der Waals surface area contributed by atoms with Crippen LogP contribution in [0.1, 0.15) is 21.5 Å². The molecule has 0 bridgehead atoms. The van der Waals surface area contributed by atoms with E-state index in [1.165, 1.54) is 0 Å². The molecule has 1 saturated heterocycles. The van der Waals surface area contributed by atoms with Crippen molar-refractivity contribution in [1.82, 2.24) is 0 Å². The number of hydrogen-bond acceptors (Lipinski definition) is 3. The van der Waals surface area contributed by atoms with Gasteiger partial charge in [-0.15, -0.1) is 0 Å². The van der Waals surface area contributed by atoms with E-state index in [-0.39, 0.29) is 5.56 Å². The molecule has 0 radical (unpaired) electrons. The maximum Gasteiger partial charge on any atom is 0.335 e. The summed E-state index contributed by atoms with van der Waals surface area (Å²) < 4.78 is 5.61. The van der Waals surface area contributed by atoms with Crippen molar-refractivity contribution >= 4 is 11.7 Å². The number of ether oxygens (including phenoxy) is 1. The minimum Gasteiger partial charge on any atom is -0.478 e. The molecular weight excluding hydrogens is 242 g/mol. The van der Waals surface area contributed by atoms with Gasteiger partial charge in [-0.05, 0) is 35.4 Å². The van der Waals surface area contributed by atoms with E-state index in [9.17, 15) is 4.79 Å². The van der Waals surface area contributed by atoms with Gasteiger partial charge in [0.05, 0.1) is 12.2 Å². The van der Waals surface area contributed by atoms with Gasteiger partial charge >= 0.3 is 5.97 Å². The van der Waals surface area contributed by atoms with Gasteiger partial charge in [0.1, 0.15) is 5.60 Å². The molecule has 4 nitrogen and oxygen atoms in total. The van der Waals surface area contributed by atoms with E-state index in [4.69, 9.17) is 15.6 Å². The van der Waals surface area contributed by atoms with Crippen LogP contribution in [0.5, 0.6) is 0 Å². The van der Waals surface area contributed by atoms with Crippen LogP contribution in [0.25, 0.3) is 0 Å². The summed E-state index contributed by atoms with van der Waals surface area (Å²) in [6, 6.07) is 14.3. The molecule has 96 valence electrons. The lowest BCUT2D eigenvalue weighted by Gasteiger charge is -2.14. The highest BCUT2D eigenvalue weighted by Gasteiger charge is 2.48. The second-order valence-corrected chi connectivity index (χ2v) is 4.63. The van der Waals surface area contributed by atoms with Crippen LogP contribution < -0.4 is 5.73 Å². The van der Waals surface area contributed by atoms with E-state index in [0.29, 0.717) is 12.3 Å². The summed E-state index contributed by atoms with van der Waals surface area (Å²) in [5.74, 6) is -0.940. The molecule has 1 aliphatic rings. The van der Waals surface area contributed by atoms with Gasteiger partial charge in [-0.1, -0.05) is 24.3 Å². The number of carbonyl (C=O) groups is 1. The Morgan fingerprint density at radius 2 is 1.79 bits per heavy atom. The highest BCUT2D eigenvalue weighted by Crippen LogP contribution is 2.45. The molecule has 19 heavy (non-hydrogen) atoms. The van der Waals surface area contributed by atoms with Crippen LogP contribution in [0, 0.1) is 0 Å². The second kappa shape index (κ2) is 4.10. The molecule has 1 fully saturated rings. The summed E-state index contributed by atoms with van der Waals surface area (Å²) in [6.07, 6.45) is 0. The van der Waals surface area contributed by atoms with Crippen molar-refractivity contribution < 1.29 is 14.6 Å². The molecular formula is C15H13NO3. The number of carboxylic acids is 1. The Morgan fingerprint density at radius 1 is 1.16 bits per heavy atom. The van der Waals surface area contributed by atoms with Gasteiger partial charge in [-0.2, -0.15) is 0 Å². The molecule has 4 heteroatoms. The predicted octanol–water partition coefficient (Wildman–Crippen LogP) is 2.24. The lowest BCUT2D eigenvalue weighted by molar-refractivity contribution is 0.0696. The fourth-order valence-electron chi connectivity index (χ4n) is 2.27. The molecule has 1 unspecified atom stereocenters. The molecule has 0 spiro atoms. The van der Waals surface area contributed by atoms with E-state index in [0.717, 1.165) is 11.1 Å². The van der Waals surface area contributed by atoms with Crippen molar-refractivity contribution in [2.45, 2.75) is 5.60 Å². The summed E-state index contributed by atoms with van der Waals surface area (Å²) in [5, 5.41) is 9.05. The lowest BCUT2D eigenvalue weighted by atomic mass is 9.90. The van der Waals surface area contributed by atoms with Crippen molar-refractivity contribution in [3.63, 3.8) is 0 Å². The first-order chi connectivity index (χ1) is 9.12. The zero-order chi connectivity index (χ0) is 13.5. The van der Waals surface area contributed by atoms with Gasteiger partial charge in [0.15, 0.2) is 0 Å². The smallest absolute Gasteiger partial charge is 0.335 e. The van der Waals surface area contributed by atoms with Crippen molar-refractivity contribution in [2.24, 2.45) is 0 Å². The van der Waals surface area contributed by atoms with Gasteiger partial charge in [0.25, 0.3) is 0 Å². The predicted molar refractivity (Wildman–Crippen MR) is 71.0 cm³/mol. The Morgan fingerprint density at radius 3 is 2.37 bits per heavy atom. The van der Waals surface area contributed by atoms with Crippen molar-refractivity contribution in [1.29, 1.82) is 0 Å². The van der Waals surface area contributed by atoms with Gasteiger partial charge in [-0.3, -0.25) is 0 Å². The lowest BCUT2D eigenvalue weighted by Crippen LogP contribution is -2.12. The third-order valence-electron chi connectivity index (χ3n) is 3.36. The van der Waals surface area contributed by atoms with Crippen LogP contribution in [0.4, 0.5) is 5.69 Å². The number of carboxylic acid groups (broad SMARTS) is 1. The molecule has 0 saturated carbocycles. The summed E-state index contributed by atoms with van der Waals surface area (Å²) in [7, 11) is 0. The van der Waals surface area contributed by atoms with Crippen molar-refractivity contribution in [3.8, 4) is 0 Å². The zero-order valence-electron chi connectivity index (χ0n) is 10.2. The first-order valence-electron chi connectivity index (χ1n) is 5.96. The summed E-state index contributed by atoms with van der Waals surface area (Å²) in [6.45, 7) is 0.541. The fraction of sp³-hybridized carbons (Fsp3) is 0.133. The number of nitrogen functional groups attached to an aromatic ring is 1. The number of aromatic carboxylic acids is 1. The van der Waals surface area contributed by atoms with Gasteiger partial charge in [-0.25, -0.2) is 4.79 Å². The average Bonchev–Trinajstić information content (AvgIpc) is 3.20. The van der Waals surface area contributed by atoms with Crippen molar-refractivity contribution in [2.75, 3.05) is 12.3 Å². The number of anilines is 1. The molecule has 3 N–H and O–H groups in total. The molecule has 0 aliphatic carbocycles. The number of benzene rings is 2.